The average molecular weight is 221 g/mol. The molecule has 0 aromatic heterocycles. The molecule has 0 radical (unpaired) electrons. The summed E-state index contributed by atoms with van der Waals surface area (Å²) in [7, 11) is 0. The molecule has 0 aliphatic carbocycles. The van der Waals surface area contributed by atoms with Crippen LogP contribution in [-0.2, 0) is 0 Å². The van der Waals surface area contributed by atoms with Gasteiger partial charge in [-0.1, -0.05) is 17.7 Å². The van der Waals surface area contributed by atoms with E-state index < -0.39 is 11.2 Å². The van der Waals surface area contributed by atoms with E-state index in [1.165, 1.54) is 25.1 Å². The van der Waals surface area contributed by atoms with Gasteiger partial charge >= 0.3 is 0 Å². The van der Waals surface area contributed by atoms with E-state index >= 15 is 0 Å². The van der Waals surface area contributed by atoms with Gasteiger partial charge in [-0.2, -0.15) is 0 Å². The molecule has 1 aromatic carbocycles. The maximum Gasteiger partial charge on any atom is 0.181 e. The van der Waals surface area contributed by atoms with Gasteiger partial charge in [-0.05, 0) is 19.1 Å². The highest BCUT2D eigenvalue weighted by molar-refractivity contribution is 6.38. The van der Waals surface area contributed by atoms with Crippen LogP contribution in [0.2, 0.25) is 5.02 Å². The zero-order valence-corrected chi connectivity index (χ0v) is 8.36. The van der Waals surface area contributed by atoms with Gasteiger partial charge in [0, 0.05) is 5.56 Å². The smallest absolute Gasteiger partial charge is 0.181 e. The molecule has 0 saturated heterocycles. The lowest BCUT2D eigenvalue weighted by atomic mass is 10.1. The molecule has 1 unspecified atom stereocenters. The first kappa shape index (κ1) is 10.5. The van der Waals surface area contributed by atoms with Crippen molar-refractivity contribution in [2.45, 2.75) is 12.3 Å². The lowest BCUT2D eigenvalue weighted by Gasteiger charge is -2.04. The van der Waals surface area contributed by atoms with Gasteiger partial charge in [-0.3, -0.25) is 4.79 Å². The standard InChI is InChI=1S/C9H7Cl2FO/c1-5(10)9(13)6-3-2-4-7(12)8(6)11/h2-5H,1H3. The van der Waals surface area contributed by atoms with Gasteiger partial charge in [-0.15, -0.1) is 11.6 Å². The molecule has 13 heavy (non-hydrogen) atoms. The lowest BCUT2D eigenvalue weighted by molar-refractivity contribution is 0.0991. The van der Waals surface area contributed by atoms with Crippen molar-refractivity contribution < 1.29 is 9.18 Å². The summed E-state index contributed by atoms with van der Waals surface area (Å²) in [5, 5.41) is -0.862. The predicted octanol–water partition coefficient (Wildman–Crippen LogP) is 3.29. The van der Waals surface area contributed by atoms with Crippen LogP contribution >= 0.6 is 23.2 Å². The molecule has 0 saturated carbocycles. The minimum atomic E-state index is -0.695. The third kappa shape index (κ3) is 2.20. The second kappa shape index (κ2) is 4.07. The summed E-state index contributed by atoms with van der Waals surface area (Å²) in [6.07, 6.45) is 0. The summed E-state index contributed by atoms with van der Waals surface area (Å²) in [5.41, 5.74) is 0.129. The number of alkyl halides is 1. The van der Waals surface area contributed by atoms with Gasteiger partial charge in [0.2, 0.25) is 0 Å². The number of halogens is 3. The largest absolute Gasteiger partial charge is 0.292 e. The van der Waals surface area contributed by atoms with Gasteiger partial charge in [0.05, 0.1) is 10.4 Å². The van der Waals surface area contributed by atoms with Crippen molar-refractivity contribution in [1.29, 1.82) is 0 Å². The zero-order valence-electron chi connectivity index (χ0n) is 6.85. The Labute approximate surface area is 85.5 Å². The van der Waals surface area contributed by atoms with Crippen LogP contribution in [0, 0.1) is 5.82 Å². The molecular formula is C9H7Cl2FO. The van der Waals surface area contributed by atoms with Crippen molar-refractivity contribution in [3.05, 3.63) is 34.6 Å². The molecule has 0 aliphatic heterocycles. The minimum absolute atomic E-state index is 0.129. The summed E-state index contributed by atoms with van der Waals surface area (Å²) in [5.74, 6) is -0.976. The summed E-state index contributed by atoms with van der Waals surface area (Å²) in [6.45, 7) is 1.52. The van der Waals surface area contributed by atoms with E-state index in [1.54, 1.807) is 0 Å². The fourth-order valence-electron chi connectivity index (χ4n) is 0.908. The fourth-order valence-corrected chi connectivity index (χ4v) is 1.25. The Bertz CT molecular complexity index is 336. The summed E-state index contributed by atoms with van der Waals surface area (Å²) in [6, 6.07) is 4.07. The summed E-state index contributed by atoms with van der Waals surface area (Å²) >= 11 is 11.1. The Hall–Kier alpha value is -0.600. The molecule has 0 amide bonds. The van der Waals surface area contributed by atoms with Crippen LogP contribution in [0.1, 0.15) is 17.3 Å². The van der Waals surface area contributed by atoms with E-state index in [9.17, 15) is 9.18 Å². The highest BCUT2D eigenvalue weighted by atomic mass is 35.5. The van der Waals surface area contributed by atoms with Crippen LogP contribution in [0.4, 0.5) is 4.39 Å². The van der Waals surface area contributed by atoms with Crippen molar-refractivity contribution in [3.63, 3.8) is 0 Å². The van der Waals surface area contributed by atoms with E-state index in [0.717, 1.165) is 0 Å². The van der Waals surface area contributed by atoms with E-state index in [1.807, 2.05) is 0 Å². The number of Topliss-reactive ketones (excluding diaryl/α,β-unsaturated/α-hetero) is 1. The van der Waals surface area contributed by atoms with Gasteiger partial charge in [0.1, 0.15) is 5.82 Å². The van der Waals surface area contributed by atoms with E-state index in [-0.39, 0.29) is 16.4 Å². The Balaban J connectivity index is 3.15. The minimum Gasteiger partial charge on any atom is -0.292 e. The van der Waals surface area contributed by atoms with Crippen molar-refractivity contribution in [2.24, 2.45) is 0 Å². The van der Waals surface area contributed by atoms with Gasteiger partial charge < -0.3 is 0 Å². The van der Waals surface area contributed by atoms with Gasteiger partial charge in [-0.25, -0.2) is 4.39 Å². The van der Waals surface area contributed by atoms with Crippen LogP contribution in [-0.4, -0.2) is 11.2 Å². The number of hydrogen-bond donors (Lipinski definition) is 0. The first-order chi connectivity index (χ1) is 6.04. The van der Waals surface area contributed by atoms with Crippen molar-refractivity contribution >= 4 is 29.0 Å². The Morgan fingerprint density at radius 1 is 1.54 bits per heavy atom. The molecule has 70 valence electrons. The highest BCUT2D eigenvalue weighted by Crippen LogP contribution is 2.21. The first-order valence-corrected chi connectivity index (χ1v) is 4.47. The van der Waals surface area contributed by atoms with Crippen molar-refractivity contribution in [1.82, 2.24) is 0 Å². The van der Waals surface area contributed by atoms with E-state index in [2.05, 4.69) is 0 Å². The summed E-state index contributed by atoms with van der Waals surface area (Å²) < 4.78 is 12.9. The topological polar surface area (TPSA) is 17.1 Å². The first-order valence-electron chi connectivity index (χ1n) is 3.66. The monoisotopic (exact) mass is 220 g/mol. The third-order valence-corrected chi connectivity index (χ3v) is 2.16. The third-order valence-electron chi connectivity index (χ3n) is 1.58. The molecule has 0 spiro atoms. The molecule has 0 aliphatic rings. The molecular weight excluding hydrogens is 214 g/mol. The fraction of sp³-hybridized carbons (Fsp3) is 0.222. The van der Waals surface area contributed by atoms with Crippen LogP contribution in [0.5, 0.6) is 0 Å². The Kier molecular flexibility index (Phi) is 3.28. The van der Waals surface area contributed by atoms with Crippen molar-refractivity contribution in [3.8, 4) is 0 Å². The maximum absolute atomic E-state index is 12.9. The highest BCUT2D eigenvalue weighted by Gasteiger charge is 2.17. The van der Waals surface area contributed by atoms with Gasteiger partial charge in [0.15, 0.2) is 5.78 Å². The maximum atomic E-state index is 12.9. The number of carbonyl (C=O) groups excluding carboxylic acids is 1. The number of carbonyl (C=O) groups is 1. The predicted molar refractivity (Wildman–Crippen MR) is 51.1 cm³/mol. The molecule has 1 nitrogen and oxygen atoms in total. The molecule has 4 heteroatoms. The molecule has 1 atom stereocenters. The molecule has 0 heterocycles. The second-order valence-electron chi connectivity index (χ2n) is 2.58. The second-order valence-corrected chi connectivity index (χ2v) is 3.61. The van der Waals surface area contributed by atoms with Crippen LogP contribution in [0.3, 0.4) is 0 Å². The molecule has 1 aromatic rings. The normalized spacial score (nSPS) is 12.6. The Morgan fingerprint density at radius 3 is 2.69 bits per heavy atom. The number of rotatable bonds is 2. The van der Waals surface area contributed by atoms with Crippen LogP contribution < -0.4 is 0 Å². The lowest BCUT2D eigenvalue weighted by Crippen LogP contribution is -2.11. The molecule has 0 fully saturated rings. The van der Waals surface area contributed by atoms with Crippen molar-refractivity contribution in [2.75, 3.05) is 0 Å². The van der Waals surface area contributed by atoms with Crippen LogP contribution in [0.15, 0.2) is 18.2 Å². The number of benzene rings is 1. The Morgan fingerprint density at radius 2 is 2.15 bits per heavy atom. The van der Waals surface area contributed by atoms with Crippen LogP contribution in [0.25, 0.3) is 0 Å². The zero-order chi connectivity index (χ0) is 10.0. The quantitative estimate of drug-likeness (QED) is 0.553. The number of hydrogen-bond acceptors (Lipinski definition) is 1. The van der Waals surface area contributed by atoms with E-state index in [0.29, 0.717) is 0 Å². The SMILES string of the molecule is CC(Cl)C(=O)c1cccc(F)c1Cl. The molecule has 0 bridgehead atoms. The molecule has 1 rings (SSSR count). The molecule has 0 N–H and O–H groups in total. The summed E-state index contributed by atoms with van der Waals surface area (Å²) in [4.78, 5) is 11.3. The van der Waals surface area contributed by atoms with E-state index in [4.69, 9.17) is 23.2 Å². The number of ketones is 1. The van der Waals surface area contributed by atoms with Gasteiger partial charge in [0.25, 0.3) is 0 Å². The average Bonchev–Trinajstić information content (AvgIpc) is 2.08.